The van der Waals surface area contributed by atoms with Crippen molar-refractivity contribution in [3.05, 3.63) is 28.9 Å². The van der Waals surface area contributed by atoms with Crippen LogP contribution >= 0.6 is 0 Å². The number of hydrogen-bond donors (Lipinski definition) is 0. The molecule has 1 saturated heterocycles. The monoisotopic (exact) mass is 324 g/mol. The van der Waals surface area contributed by atoms with Crippen LogP contribution in [-0.2, 0) is 17.1 Å². The number of rotatable bonds is 3. The molecule has 0 bridgehead atoms. The van der Waals surface area contributed by atoms with Crippen molar-refractivity contribution in [3.63, 3.8) is 0 Å². The molecule has 2 aromatic heterocycles. The first kappa shape index (κ1) is 15.2. The zero-order chi connectivity index (χ0) is 16.1. The molecule has 22 heavy (non-hydrogen) atoms. The normalized spacial score (nSPS) is 19.9. The second-order valence-corrected chi connectivity index (χ2v) is 7.60. The van der Waals surface area contributed by atoms with Crippen molar-refractivity contribution < 1.29 is 12.9 Å². The van der Waals surface area contributed by atoms with Gasteiger partial charge in [-0.15, -0.1) is 0 Å². The summed E-state index contributed by atoms with van der Waals surface area (Å²) in [5, 5.41) is 8.10. The Labute approximate surface area is 129 Å². The van der Waals surface area contributed by atoms with Crippen molar-refractivity contribution >= 4 is 10.0 Å². The first-order valence-corrected chi connectivity index (χ1v) is 8.71. The van der Waals surface area contributed by atoms with Crippen LogP contribution in [0.15, 0.2) is 15.5 Å². The highest BCUT2D eigenvalue weighted by molar-refractivity contribution is 7.89. The van der Waals surface area contributed by atoms with Gasteiger partial charge in [-0.3, -0.25) is 4.68 Å². The van der Waals surface area contributed by atoms with E-state index in [0.29, 0.717) is 28.6 Å². The molecule has 2 aromatic rings. The molecule has 1 unspecified atom stereocenters. The maximum Gasteiger partial charge on any atom is 0.247 e. The molecule has 0 aliphatic carbocycles. The summed E-state index contributed by atoms with van der Waals surface area (Å²) in [6.07, 6.45) is 1.55. The summed E-state index contributed by atoms with van der Waals surface area (Å²) in [4.78, 5) is 0.304. The van der Waals surface area contributed by atoms with Crippen LogP contribution in [0.4, 0.5) is 0 Å². The predicted octanol–water partition coefficient (Wildman–Crippen LogP) is 1.86. The summed E-state index contributed by atoms with van der Waals surface area (Å²) in [5.41, 5.74) is 1.93. The fourth-order valence-electron chi connectivity index (χ4n) is 3.10. The number of aryl methyl sites for hydroxylation is 3. The molecular weight excluding hydrogens is 304 g/mol. The molecule has 3 heterocycles. The van der Waals surface area contributed by atoms with Crippen molar-refractivity contribution in [1.82, 2.24) is 19.2 Å². The first-order chi connectivity index (χ1) is 10.3. The van der Waals surface area contributed by atoms with Crippen molar-refractivity contribution in [2.45, 2.75) is 44.6 Å². The third kappa shape index (κ3) is 2.26. The quantitative estimate of drug-likeness (QED) is 0.861. The Morgan fingerprint density at radius 1 is 1.32 bits per heavy atom. The van der Waals surface area contributed by atoms with Gasteiger partial charge in [0.1, 0.15) is 4.90 Å². The van der Waals surface area contributed by atoms with Gasteiger partial charge < -0.3 is 4.52 Å². The number of sulfonamides is 1. The Balaban J connectivity index is 2.04. The van der Waals surface area contributed by atoms with Crippen LogP contribution in [0.25, 0.3) is 0 Å². The Hall–Kier alpha value is -1.67. The van der Waals surface area contributed by atoms with E-state index in [1.807, 2.05) is 13.0 Å². The van der Waals surface area contributed by atoms with Crippen LogP contribution in [0.5, 0.6) is 0 Å². The van der Waals surface area contributed by atoms with Crippen LogP contribution in [0, 0.1) is 20.8 Å². The third-order valence-corrected chi connectivity index (χ3v) is 6.35. The minimum atomic E-state index is -3.61. The van der Waals surface area contributed by atoms with Crippen molar-refractivity contribution in [2.75, 3.05) is 6.54 Å². The van der Waals surface area contributed by atoms with Crippen molar-refractivity contribution in [3.8, 4) is 0 Å². The van der Waals surface area contributed by atoms with Gasteiger partial charge in [0, 0.05) is 19.7 Å². The van der Waals surface area contributed by atoms with E-state index in [1.54, 1.807) is 25.6 Å². The molecule has 3 rings (SSSR count). The van der Waals surface area contributed by atoms with E-state index in [4.69, 9.17) is 4.52 Å². The van der Waals surface area contributed by atoms with Crippen LogP contribution < -0.4 is 0 Å². The second kappa shape index (κ2) is 5.20. The minimum Gasteiger partial charge on any atom is -0.359 e. The molecule has 120 valence electrons. The molecule has 0 aromatic carbocycles. The topological polar surface area (TPSA) is 81.2 Å². The van der Waals surface area contributed by atoms with E-state index < -0.39 is 10.0 Å². The average molecular weight is 324 g/mol. The maximum absolute atomic E-state index is 13.1. The average Bonchev–Trinajstić information content (AvgIpc) is 3.10. The van der Waals surface area contributed by atoms with Gasteiger partial charge in [0.25, 0.3) is 0 Å². The lowest BCUT2D eigenvalue weighted by atomic mass is 10.2. The van der Waals surface area contributed by atoms with E-state index >= 15 is 0 Å². The van der Waals surface area contributed by atoms with Gasteiger partial charge in [-0.05, 0) is 33.6 Å². The van der Waals surface area contributed by atoms with Gasteiger partial charge in [0.05, 0.1) is 23.1 Å². The smallest absolute Gasteiger partial charge is 0.247 e. The summed E-state index contributed by atoms with van der Waals surface area (Å²) < 4.78 is 34.6. The number of aromatic nitrogens is 3. The highest BCUT2D eigenvalue weighted by atomic mass is 32.2. The molecule has 0 saturated carbocycles. The molecular formula is C14H20N4O3S. The van der Waals surface area contributed by atoms with Crippen molar-refractivity contribution in [1.29, 1.82) is 0 Å². The number of nitrogens with zero attached hydrogens (tertiary/aromatic N) is 4. The Morgan fingerprint density at radius 3 is 2.59 bits per heavy atom. The minimum absolute atomic E-state index is 0.287. The lowest BCUT2D eigenvalue weighted by molar-refractivity contribution is 0.297. The molecule has 1 atom stereocenters. The van der Waals surface area contributed by atoms with Gasteiger partial charge in [0.15, 0.2) is 5.76 Å². The first-order valence-electron chi connectivity index (χ1n) is 7.27. The van der Waals surface area contributed by atoms with Gasteiger partial charge in [-0.25, -0.2) is 8.42 Å². The molecule has 1 aliphatic rings. The van der Waals surface area contributed by atoms with E-state index in [2.05, 4.69) is 10.3 Å². The Kier molecular flexibility index (Phi) is 3.60. The summed E-state index contributed by atoms with van der Waals surface area (Å²) in [5.74, 6) is 0.609. The standard InChI is InChI=1S/C14H20N4O3S/c1-9-8-13(21-16-9)12-6-5-7-18(12)22(19,20)14-10(2)15-17(4)11(14)3/h8,12H,5-7H2,1-4H3. The summed E-state index contributed by atoms with van der Waals surface area (Å²) in [7, 11) is -1.85. The van der Waals surface area contributed by atoms with Crippen LogP contribution in [0.1, 0.15) is 41.7 Å². The van der Waals surface area contributed by atoms with Crippen LogP contribution in [-0.4, -0.2) is 34.2 Å². The van der Waals surface area contributed by atoms with Crippen LogP contribution in [0.3, 0.4) is 0 Å². The summed E-state index contributed by atoms with van der Waals surface area (Å²) in [6.45, 7) is 5.82. The van der Waals surface area contributed by atoms with Gasteiger partial charge in [-0.1, -0.05) is 5.16 Å². The van der Waals surface area contributed by atoms with Crippen molar-refractivity contribution in [2.24, 2.45) is 7.05 Å². The lowest BCUT2D eigenvalue weighted by Crippen LogP contribution is -2.31. The zero-order valence-electron chi connectivity index (χ0n) is 13.2. The van der Waals surface area contributed by atoms with E-state index in [-0.39, 0.29) is 6.04 Å². The molecule has 0 radical (unpaired) electrons. The summed E-state index contributed by atoms with van der Waals surface area (Å²) in [6, 6.07) is 1.52. The highest BCUT2D eigenvalue weighted by Gasteiger charge is 2.40. The SMILES string of the molecule is Cc1cc(C2CCCN2S(=O)(=O)c2c(C)nn(C)c2C)on1. The van der Waals surface area contributed by atoms with E-state index in [0.717, 1.165) is 18.5 Å². The second-order valence-electron chi connectivity index (χ2n) is 5.77. The summed E-state index contributed by atoms with van der Waals surface area (Å²) >= 11 is 0. The molecule has 1 fully saturated rings. The molecule has 0 spiro atoms. The largest absolute Gasteiger partial charge is 0.359 e. The van der Waals surface area contributed by atoms with E-state index in [9.17, 15) is 8.42 Å². The third-order valence-electron chi connectivity index (χ3n) is 4.19. The molecule has 0 amide bonds. The van der Waals surface area contributed by atoms with Gasteiger partial charge in [-0.2, -0.15) is 9.40 Å². The molecule has 8 heteroatoms. The number of hydrogen-bond acceptors (Lipinski definition) is 5. The molecule has 7 nitrogen and oxygen atoms in total. The molecule has 1 aliphatic heterocycles. The fourth-order valence-corrected chi connectivity index (χ4v) is 5.17. The predicted molar refractivity (Wildman–Crippen MR) is 79.8 cm³/mol. The Morgan fingerprint density at radius 2 is 2.05 bits per heavy atom. The lowest BCUT2D eigenvalue weighted by Gasteiger charge is -2.22. The fraction of sp³-hybridized carbons (Fsp3) is 0.571. The maximum atomic E-state index is 13.1. The van der Waals surface area contributed by atoms with Gasteiger partial charge in [0.2, 0.25) is 10.0 Å². The zero-order valence-corrected chi connectivity index (χ0v) is 14.0. The highest BCUT2D eigenvalue weighted by Crippen LogP contribution is 2.38. The van der Waals surface area contributed by atoms with Gasteiger partial charge >= 0.3 is 0 Å². The van der Waals surface area contributed by atoms with E-state index in [1.165, 1.54) is 4.31 Å². The Bertz CT molecular complexity index is 806. The molecule has 0 N–H and O–H groups in total. The van der Waals surface area contributed by atoms with Crippen LogP contribution in [0.2, 0.25) is 0 Å².